The van der Waals surface area contributed by atoms with E-state index in [9.17, 15) is 0 Å². The van der Waals surface area contributed by atoms with Crippen LogP contribution in [0.5, 0.6) is 0 Å². The normalized spacial score (nSPS) is 27.2. The molecular weight excluding hydrogens is 148 g/mol. The van der Waals surface area contributed by atoms with Crippen molar-refractivity contribution in [2.24, 2.45) is 0 Å². The van der Waals surface area contributed by atoms with Crippen molar-refractivity contribution >= 4 is 0 Å². The first-order valence-electron chi connectivity index (χ1n) is 4.65. The molecule has 1 nitrogen and oxygen atoms in total. The fraction of sp³-hybridized carbons (Fsp3) is 0.455. The number of benzene rings is 1. The average Bonchev–Trinajstić information content (AvgIpc) is 2.98. The Hall–Kier alpha value is -0.820. The molecule has 1 aliphatic carbocycles. The lowest BCUT2D eigenvalue weighted by molar-refractivity contribution is 0.415. The second-order valence-electron chi connectivity index (χ2n) is 3.77. The van der Waals surface area contributed by atoms with Gasteiger partial charge in [0.15, 0.2) is 0 Å². The standard InChI is InChI=1S/C11H12O/c1-2-9(8-4-5-8)6-10(3-1)11-7-12-11/h1-3,6,8,11H,4-5,7H2. The third-order valence-corrected chi connectivity index (χ3v) is 2.66. The van der Waals surface area contributed by atoms with Gasteiger partial charge in [0.1, 0.15) is 6.10 Å². The lowest BCUT2D eigenvalue weighted by atomic mass is 10.1. The summed E-state index contributed by atoms with van der Waals surface area (Å²) < 4.78 is 5.25. The Bertz CT molecular complexity index is 270. The van der Waals surface area contributed by atoms with Gasteiger partial charge in [-0.3, -0.25) is 0 Å². The second kappa shape index (κ2) is 2.33. The summed E-state index contributed by atoms with van der Waals surface area (Å²) in [4.78, 5) is 0. The van der Waals surface area contributed by atoms with E-state index in [1.807, 2.05) is 0 Å². The molecule has 0 bridgehead atoms. The number of ether oxygens (including phenoxy) is 1. The predicted molar refractivity (Wildman–Crippen MR) is 47.1 cm³/mol. The molecule has 1 aliphatic heterocycles. The molecule has 1 saturated carbocycles. The van der Waals surface area contributed by atoms with Crippen molar-refractivity contribution in [3.8, 4) is 0 Å². The van der Waals surface area contributed by atoms with Gasteiger partial charge in [0.05, 0.1) is 6.61 Å². The van der Waals surface area contributed by atoms with E-state index in [0.717, 1.165) is 12.5 Å². The fourth-order valence-electron chi connectivity index (χ4n) is 1.67. The molecule has 0 N–H and O–H groups in total. The Morgan fingerprint density at radius 1 is 1.17 bits per heavy atom. The maximum absolute atomic E-state index is 5.25. The van der Waals surface area contributed by atoms with Crippen LogP contribution in [-0.2, 0) is 4.74 Å². The van der Waals surface area contributed by atoms with Crippen molar-refractivity contribution in [2.45, 2.75) is 24.9 Å². The Labute approximate surface area is 72.4 Å². The molecule has 1 heteroatoms. The monoisotopic (exact) mass is 160 g/mol. The van der Waals surface area contributed by atoms with E-state index in [1.54, 1.807) is 0 Å². The van der Waals surface area contributed by atoms with Crippen molar-refractivity contribution in [2.75, 3.05) is 6.61 Å². The van der Waals surface area contributed by atoms with E-state index in [4.69, 9.17) is 4.74 Å². The summed E-state index contributed by atoms with van der Waals surface area (Å²) in [5, 5.41) is 0. The van der Waals surface area contributed by atoms with Crippen LogP contribution in [0.15, 0.2) is 24.3 Å². The van der Waals surface area contributed by atoms with Gasteiger partial charge in [-0.1, -0.05) is 24.3 Å². The molecule has 1 saturated heterocycles. The number of rotatable bonds is 2. The first kappa shape index (κ1) is 6.67. The van der Waals surface area contributed by atoms with Crippen LogP contribution >= 0.6 is 0 Å². The first-order chi connectivity index (χ1) is 5.93. The van der Waals surface area contributed by atoms with Gasteiger partial charge in [-0.25, -0.2) is 0 Å². The van der Waals surface area contributed by atoms with Crippen LogP contribution in [0.3, 0.4) is 0 Å². The summed E-state index contributed by atoms with van der Waals surface area (Å²) >= 11 is 0. The smallest absolute Gasteiger partial charge is 0.106 e. The molecule has 0 radical (unpaired) electrons. The van der Waals surface area contributed by atoms with Crippen molar-refractivity contribution in [3.05, 3.63) is 35.4 Å². The van der Waals surface area contributed by atoms with Crippen molar-refractivity contribution in [1.82, 2.24) is 0 Å². The summed E-state index contributed by atoms with van der Waals surface area (Å²) in [5.74, 6) is 0.865. The summed E-state index contributed by atoms with van der Waals surface area (Å²) in [6.45, 7) is 0.925. The fourth-order valence-corrected chi connectivity index (χ4v) is 1.67. The SMILES string of the molecule is c1cc(C2CC2)cc(C2CO2)c1. The molecule has 1 atom stereocenters. The molecule has 0 spiro atoms. The van der Waals surface area contributed by atoms with E-state index in [-0.39, 0.29) is 0 Å². The van der Waals surface area contributed by atoms with Crippen molar-refractivity contribution in [1.29, 1.82) is 0 Å². The van der Waals surface area contributed by atoms with Gasteiger partial charge in [-0.15, -0.1) is 0 Å². The number of epoxide rings is 1. The van der Waals surface area contributed by atoms with E-state index in [1.165, 1.54) is 24.0 Å². The molecule has 12 heavy (non-hydrogen) atoms. The maximum Gasteiger partial charge on any atom is 0.106 e. The highest BCUT2D eigenvalue weighted by Gasteiger charge is 2.27. The van der Waals surface area contributed by atoms with Crippen LogP contribution < -0.4 is 0 Å². The van der Waals surface area contributed by atoms with Crippen LogP contribution in [0.2, 0.25) is 0 Å². The van der Waals surface area contributed by atoms with E-state index >= 15 is 0 Å². The molecular formula is C11H12O. The minimum Gasteiger partial charge on any atom is -0.368 e. The second-order valence-corrected chi connectivity index (χ2v) is 3.77. The van der Waals surface area contributed by atoms with Crippen LogP contribution in [0.4, 0.5) is 0 Å². The van der Waals surface area contributed by atoms with Gasteiger partial charge in [0.25, 0.3) is 0 Å². The minimum atomic E-state index is 0.420. The zero-order chi connectivity index (χ0) is 7.97. The third-order valence-electron chi connectivity index (χ3n) is 2.66. The molecule has 1 aromatic rings. The Morgan fingerprint density at radius 2 is 1.92 bits per heavy atom. The van der Waals surface area contributed by atoms with Crippen LogP contribution in [0.25, 0.3) is 0 Å². The minimum absolute atomic E-state index is 0.420. The highest BCUT2D eigenvalue weighted by Crippen LogP contribution is 2.41. The molecule has 1 aromatic carbocycles. The molecule has 0 aromatic heterocycles. The highest BCUT2D eigenvalue weighted by molar-refractivity contribution is 5.31. The van der Waals surface area contributed by atoms with Gasteiger partial charge in [0, 0.05) is 0 Å². The van der Waals surface area contributed by atoms with Gasteiger partial charge in [-0.2, -0.15) is 0 Å². The van der Waals surface area contributed by atoms with Gasteiger partial charge in [0.2, 0.25) is 0 Å². The third kappa shape index (κ3) is 1.14. The molecule has 0 amide bonds. The number of hydrogen-bond acceptors (Lipinski definition) is 1. The summed E-state index contributed by atoms with van der Waals surface area (Å²) in [5.41, 5.74) is 2.89. The summed E-state index contributed by atoms with van der Waals surface area (Å²) in [6, 6.07) is 8.88. The zero-order valence-corrected chi connectivity index (χ0v) is 6.99. The molecule has 2 aliphatic rings. The Kier molecular flexibility index (Phi) is 1.30. The van der Waals surface area contributed by atoms with Crippen molar-refractivity contribution in [3.63, 3.8) is 0 Å². The summed E-state index contributed by atoms with van der Waals surface area (Å²) in [6.07, 6.45) is 3.19. The van der Waals surface area contributed by atoms with Crippen LogP contribution in [0, 0.1) is 0 Å². The van der Waals surface area contributed by atoms with E-state index < -0.39 is 0 Å². The van der Waals surface area contributed by atoms with Gasteiger partial charge < -0.3 is 4.74 Å². The number of hydrogen-bond donors (Lipinski definition) is 0. The molecule has 1 heterocycles. The van der Waals surface area contributed by atoms with Gasteiger partial charge in [-0.05, 0) is 29.9 Å². The lowest BCUT2D eigenvalue weighted by Crippen LogP contribution is -1.84. The Balaban J connectivity index is 1.93. The summed E-state index contributed by atoms with van der Waals surface area (Å²) in [7, 11) is 0. The first-order valence-corrected chi connectivity index (χ1v) is 4.65. The van der Waals surface area contributed by atoms with Crippen molar-refractivity contribution < 1.29 is 4.74 Å². The van der Waals surface area contributed by atoms with Crippen LogP contribution in [0.1, 0.15) is 36.0 Å². The van der Waals surface area contributed by atoms with E-state index in [0.29, 0.717) is 6.10 Å². The molecule has 1 unspecified atom stereocenters. The topological polar surface area (TPSA) is 12.5 Å². The molecule has 2 fully saturated rings. The Morgan fingerprint density at radius 3 is 2.58 bits per heavy atom. The largest absolute Gasteiger partial charge is 0.368 e. The average molecular weight is 160 g/mol. The van der Waals surface area contributed by atoms with Gasteiger partial charge >= 0.3 is 0 Å². The molecule has 62 valence electrons. The maximum atomic E-state index is 5.25. The van der Waals surface area contributed by atoms with E-state index in [2.05, 4.69) is 24.3 Å². The van der Waals surface area contributed by atoms with Crippen LogP contribution in [-0.4, -0.2) is 6.61 Å². The quantitative estimate of drug-likeness (QED) is 0.606. The zero-order valence-electron chi connectivity index (χ0n) is 6.99. The highest BCUT2D eigenvalue weighted by atomic mass is 16.6. The molecule has 3 rings (SSSR count). The lowest BCUT2D eigenvalue weighted by Gasteiger charge is -2.00. The predicted octanol–water partition coefficient (Wildman–Crippen LogP) is 2.64.